The number of hydrogen-bond donors (Lipinski definition) is 4. The summed E-state index contributed by atoms with van der Waals surface area (Å²) in [6.07, 6.45) is 1.03. The maximum atomic E-state index is 12.0. The summed E-state index contributed by atoms with van der Waals surface area (Å²) in [4.78, 5) is 23.9. The molecule has 0 radical (unpaired) electrons. The van der Waals surface area contributed by atoms with Crippen LogP contribution in [0.3, 0.4) is 0 Å². The number of benzene rings is 1. The Hall–Kier alpha value is -3.34. The van der Waals surface area contributed by atoms with Gasteiger partial charge in [-0.3, -0.25) is 14.7 Å². The van der Waals surface area contributed by atoms with E-state index in [1.807, 2.05) is 24.3 Å². The standard InChI is InChI=1S/C18H22N6O2/c1-11(2)12-5-3-6-13(9-12)22-18(26)17(25)21-8-4-7-15-14(10-19)16(20)24-23-15/h3,5-6,9,11H,4,7-8H2,1-2H3,(H,21,25)(H,22,26)(H3,20,23,24). The number of carbonyl (C=O) groups excluding carboxylic acids is 2. The lowest BCUT2D eigenvalue weighted by atomic mass is 10.0. The first-order valence-corrected chi connectivity index (χ1v) is 8.34. The molecule has 1 aromatic heterocycles. The number of carbonyl (C=O) groups is 2. The molecule has 0 unspecified atom stereocenters. The van der Waals surface area contributed by atoms with Crippen LogP contribution in [0, 0.1) is 11.3 Å². The highest BCUT2D eigenvalue weighted by Gasteiger charge is 2.14. The molecule has 0 aliphatic heterocycles. The Balaban J connectivity index is 1.79. The van der Waals surface area contributed by atoms with Crippen LogP contribution in [0.5, 0.6) is 0 Å². The van der Waals surface area contributed by atoms with E-state index in [0.29, 0.717) is 42.2 Å². The molecule has 5 N–H and O–H groups in total. The topological polar surface area (TPSA) is 137 Å². The second-order valence-electron chi connectivity index (χ2n) is 6.17. The SMILES string of the molecule is CC(C)c1cccc(NC(=O)C(=O)NCCCc2[nH]nc(N)c2C#N)c1. The average molecular weight is 354 g/mol. The minimum absolute atomic E-state index is 0.162. The van der Waals surface area contributed by atoms with Crippen LogP contribution in [-0.2, 0) is 16.0 Å². The zero-order valence-electron chi connectivity index (χ0n) is 14.8. The zero-order valence-corrected chi connectivity index (χ0v) is 14.8. The van der Waals surface area contributed by atoms with Crippen LogP contribution in [0.15, 0.2) is 24.3 Å². The van der Waals surface area contributed by atoms with Crippen molar-refractivity contribution < 1.29 is 9.59 Å². The lowest BCUT2D eigenvalue weighted by molar-refractivity contribution is -0.136. The third kappa shape index (κ3) is 4.83. The number of nitrogens with two attached hydrogens (primary N) is 1. The molecule has 0 bridgehead atoms. The smallest absolute Gasteiger partial charge is 0.313 e. The van der Waals surface area contributed by atoms with Crippen LogP contribution in [0.4, 0.5) is 11.5 Å². The molecule has 2 rings (SSSR count). The van der Waals surface area contributed by atoms with Crippen molar-refractivity contribution >= 4 is 23.3 Å². The molecule has 136 valence electrons. The number of nitrogens with zero attached hydrogens (tertiary/aromatic N) is 2. The molecule has 0 aliphatic rings. The highest BCUT2D eigenvalue weighted by atomic mass is 16.2. The fraction of sp³-hybridized carbons (Fsp3) is 0.333. The second-order valence-corrected chi connectivity index (χ2v) is 6.17. The van der Waals surface area contributed by atoms with E-state index in [-0.39, 0.29) is 5.82 Å². The van der Waals surface area contributed by atoms with Gasteiger partial charge in [0.25, 0.3) is 0 Å². The summed E-state index contributed by atoms with van der Waals surface area (Å²) in [5.41, 5.74) is 8.16. The van der Waals surface area contributed by atoms with Crippen LogP contribution < -0.4 is 16.4 Å². The van der Waals surface area contributed by atoms with E-state index in [0.717, 1.165) is 5.56 Å². The summed E-state index contributed by atoms with van der Waals surface area (Å²) in [7, 11) is 0. The van der Waals surface area contributed by atoms with Gasteiger partial charge in [-0.2, -0.15) is 10.4 Å². The predicted octanol–water partition coefficient (Wildman–Crippen LogP) is 1.67. The highest BCUT2D eigenvalue weighted by molar-refractivity contribution is 6.39. The van der Waals surface area contributed by atoms with Crippen molar-refractivity contribution in [1.82, 2.24) is 15.5 Å². The van der Waals surface area contributed by atoms with E-state index in [1.54, 1.807) is 6.07 Å². The van der Waals surface area contributed by atoms with Gasteiger partial charge in [0, 0.05) is 12.2 Å². The van der Waals surface area contributed by atoms with Gasteiger partial charge in [0.2, 0.25) is 0 Å². The molecule has 1 heterocycles. The molecule has 8 heteroatoms. The fourth-order valence-electron chi connectivity index (χ4n) is 2.41. The Kier molecular flexibility index (Phi) is 6.33. The molecular formula is C18H22N6O2. The molecule has 0 saturated carbocycles. The third-order valence-electron chi connectivity index (χ3n) is 3.89. The Morgan fingerprint density at radius 1 is 1.35 bits per heavy atom. The fourth-order valence-corrected chi connectivity index (χ4v) is 2.41. The molecule has 0 fully saturated rings. The molecular weight excluding hydrogens is 332 g/mol. The largest absolute Gasteiger partial charge is 0.381 e. The van der Waals surface area contributed by atoms with E-state index in [2.05, 4.69) is 34.7 Å². The number of aromatic amines is 1. The normalized spacial score (nSPS) is 10.4. The number of aryl methyl sites for hydroxylation is 1. The van der Waals surface area contributed by atoms with Crippen LogP contribution in [-0.4, -0.2) is 28.6 Å². The van der Waals surface area contributed by atoms with E-state index >= 15 is 0 Å². The Morgan fingerprint density at radius 2 is 2.12 bits per heavy atom. The van der Waals surface area contributed by atoms with Gasteiger partial charge in [-0.25, -0.2) is 0 Å². The molecule has 26 heavy (non-hydrogen) atoms. The van der Waals surface area contributed by atoms with Crippen LogP contribution in [0.25, 0.3) is 0 Å². The predicted molar refractivity (Wildman–Crippen MR) is 98.2 cm³/mol. The quantitative estimate of drug-likeness (QED) is 0.462. The van der Waals surface area contributed by atoms with Crippen molar-refractivity contribution in [2.24, 2.45) is 0 Å². The van der Waals surface area contributed by atoms with Gasteiger partial charge >= 0.3 is 11.8 Å². The van der Waals surface area contributed by atoms with Crippen LogP contribution >= 0.6 is 0 Å². The van der Waals surface area contributed by atoms with E-state index in [9.17, 15) is 9.59 Å². The van der Waals surface area contributed by atoms with Gasteiger partial charge in [0.15, 0.2) is 5.82 Å². The Labute approximate surface area is 151 Å². The summed E-state index contributed by atoms with van der Waals surface area (Å²) >= 11 is 0. The van der Waals surface area contributed by atoms with Gasteiger partial charge < -0.3 is 16.4 Å². The molecule has 0 spiro atoms. The molecule has 0 aliphatic carbocycles. The molecule has 1 aromatic carbocycles. The lowest BCUT2D eigenvalue weighted by Gasteiger charge is -2.09. The van der Waals surface area contributed by atoms with Gasteiger partial charge in [0.1, 0.15) is 11.6 Å². The third-order valence-corrected chi connectivity index (χ3v) is 3.89. The van der Waals surface area contributed by atoms with Crippen molar-refractivity contribution in [3.8, 4) is 6.07 Å². The molecule has 2 amide bonds. The number of hydrogen-bond acceptors (Lipinski definition) is 5. The number of aromatic nitrogens is 2. The highest BCUT2D eigenvalue weighted by Crippen LogP contribution is 2.18. The molecule has 8 nitrogen and oxygen atoms in total. The summed E-state index contributed by atoms with van der Waals surface area (Å²) in [6, 6.07) is 9.38. The van der Waals surface area contributed by atoms with Crippen molar-refractivity contribution in [2.45, 2.75) is 32.6 Å². The molecule has 0 atom stereocenters. The Bertz CT molecular complexity index is 834. The summed E-state index contributed by atoms with van der Waals surface area (Å²) in [6.45, 7) is 4.40. The summed E-state index contributed by atoms with van der Waals surface area (Å²) in [5.74, 6) is -0.927. The Morgan fingerprint density at radius 3 is 2.81 bits per heavy atom. The number of anilines is 2. The van der Waals surface area contributed by atoms with Crippen molar-refractivity contribution in [3.63, 3.8) is 0 Å². The number of amides is 2. The summed E-state index contributed by atoms with van der Waals surface area (Å²) < 4.78 is 0. The van der Waals surface area contributed by atoms with Gasteiger partial charge in [-0.15, -0.1) is 0 Å². The van der Waals surface area contributed by atoms with Crippen LogP contribution in [0.2, 0.25) is 0 Å². The second kappa shape index (κ2) is 8.67. The maximum absolute atomic E-state index is 12.0. The van der Waals surface area contributed by atoms with Crippen molar-refractivity contribution in [1.29, 1.82) is 5.26 Å². The van der Waals surface area contributed by atoms with E-state index < -0.39 is 11.8 Å². The first-order chi connectivity index (χ1) is 12.4. The van der Waals surface area contributed by atoms with Gasteiger partial charge in [0.05, 0.1) is 5.69 Å². The van der Waals surface area contributed by atoms with Gasteiger partial charge in [-0.1, -0.05) is 26.0 Å². The molecule has 0 saturated heterocycles. The summed E-state index contributed by atoms with van der Waals surface area (Å²) in [5, 5.41) is 20.6. The number of rotatable bonds is 6. The zero-order chi connectivity index (χ0) is 19.1. The van der Waals surface area contributed by atoms with E-state index in [4.69, 9.17) is 11.0 Å². The monoisotopic (exact) mass is 354 g/mol. The van der Waals surface area contributed by atoms with Crippen molar-refractivity contribution in [2.75, 3.05) is 17.6 Å². The average Bonchev–Trinajstić information content (AvgIpc) is 2.98. The number of H-pyrrole nitrogens is 1. The lowest BCUT2D eigenvalue weighted by Crippen LogP contribution is -2.36. The first kappa shape index (κ1) is 19.0. The number of nitrogens with one attached hydrogen (secondary N) is 3. The first-order valence-electron chi connectivity index (χ1n) is 8.34. The minimum Gasteiger partial charge on any atom is -0.381 e. The number of nitriles is 1. The van der Waals surface area contributed by atoms with E-state index in [1.165, 1.54) is 0 Å². The van der Waals surface area contributed by atoms with Crippen molar-refractivity contribution in [3.05, 3.63) is 41.1 Å². The number of nitrogen functional groups attached to an aromatic ring is 1. The maximum Gasteiger partial charge on any atom is 0.313 e. The molecule has 2 aromatic rings. The van der Waals surface area contributed by atoms with Crippen LogP contribution in [0.1, 0.15) is 43.0 Å². The van der Waals surface area contributed by atoms with Gasteiger partial charge in [-0.05, 0) is 36.5 Å². The minimum atomic E-state index is -0.714.